The first kappa shape index (κ1) is 25.3. The number of methoxy groups -OCH3 is 1. The Morgan fingerprint density at radius 1 is 1.12 bits per heavy atom. The lowest BCUT2D eigenvalue weighted by Gasteiger charge is -2.36. The van der Waals surface area contributed by atoms with Crippen molar-refractivity contribution in [1.29, 1.82) is 0 Å². The number of aliphatic hydroxyl groups is 1. The molecule has 0 radical (unpaired) electrons. The molecule has 186 valence electrons. The number of ether oxygens (including phenoxy) is 2. The third-order valence-corrected chi connectivity index (χ3v) is 6.70. The molecule has 3 fully saturated rings. The third kappa shape index (κ3) is 6.37. The van der Waals surface area contributed by atoms with Crippen molar-refractivity contribution in [2.45, 2.75) is 83.1 Å². The smallest absolute Gasteiger partial charge is 0.408 e. The Balaban J connectivity index is 1.71. The van der Waals surface area contributed by atoms with Gasteiger partial charge in [0.2, 0.25) is 11.8 Å². The molecule has 3 aliphatic rings. The number of hydrogen-bond acceptors (Lipinski definition) is 7. The Hall–Kier alpha value is -2.36. The average Bonchev–Trinajstić information content (AvgIpc) is 3.43. The molecule has 1 heterocycles. The SMILES string of the molecule is COC(=O)[C@H](O)CNC(=O)[C@@H]1C2CC2CN1C(=O)[C@@H](NC(=O)OC(C)(C)C)C1CCCCC1. The molecule has 0 aromatic rings. The highest BCUT2D eigenvalue weighted by molar-refractivity contribution is 5.93. The number of carbonyl (C=O) groups is 4. The molecule has 1 saturated heterocycles. The van der Waals surface area contributed by atoms with Gasteiger partial charge in [-0.3, -0.25) is 9.59 Å². The molecule has 0 aromatic carbocycles. The number of nitrogens with one attached hydrogen (secondary N) is 2. The number of carbonyl (C=O) groups excluding carboxylic acids is 4. The summed E-state index contributed by atoms with van der Waals surface area (Å²) in [5.74, 6) is -1.22. The lowest BCUT2D eigenvalue weighted by Crippen LogP contribution is -2.58. The first-order valence-electron chi connectivity index (χ1n) is 11.9. The zero-order valence-electron chi connectivity index (χ0n) is 20.0. The van der Waals surface area contributed by atoms with Crippen molar-refractivity contribution in [2.24, 2.45) is 17.8 Å². The molecular weight excluding hydrogens is 430 g/mol. The van der Waals surface area contributed by atoms with Crippen LogP contribution in [0, 0.1) is 17.8 Å². The molecule has 3 amide bonds. The van der Waals surface area contributed by atoms with Crippen LogP contribution < -0.4 is 10.6 Å². The van der Waals surface area contributed by atoms with E-state index in [9.17, 15) is 24.3 Å². The predicted molar refractivity (Wildman–Crippen MR) is 118 cm³/mol. The Kier molecular flexibility index (Phi) is 7.87. The second kappa shape index (κ2) is 10.3. The highest BCUT2D eigenvalue weighted by Gasteiger charge is 2.58. The first-order chi connectivity index (χ1) is 15.5. The zero-order valence-corrected chi connectivity index (χ0v) is 20.0. The normalized spacial score (nSPS) is 26.6. The van der Waals surface area contributed by atoms with Crippen molar-refractivity contribution in [1.82, 2.24) is 15.5 Å². The van der Waals surface area contributed by atoms with Crippen molar-refractivity contribution in [2.75, 3.05) is 20.2 Å². The monoisotopic (exact) mass is 467 g/mol. The molecule has 10 nitrogen and oxygen atoms in total. The van der Waals surface area contributed by atoms with Crippen molar-refractivity contribution >= 4 is 23.9 Å². The Bertz CT molecular complexity index is 760. The van der Waals surface area contributed by atoms with E-state index in [0.717, 1.165) is 45.6 Å². The Morgan fingerprint density at radius 2 is 1.79 bits per heavy atom. The van der Waals surface area contributed by atoms with Crippen LogP contribution in [-0.2, 0) is 23.9 Å². The number of piperidine rings is 1. The fourth-order valence-electron chi connectivity index (χ4n) is 5.01. The van der Waals surface area contributed by atoms with Crippen molar-refractivity contribution in [3.63, 3.8) is 0 Å². The summed E-state index contributed by atoms with van der Waals surface area (Å²) in [5, 5.41) is 15.2. The van der Waals surface area contributed by atoms with E-state index in [1.54, 1.807) is 25.7 Å². The molecule has 10 heteroatoms. The van der Waals surface area contributed by atoms with Crippen LogP contribution >= 0.6 is 0 Å². The maximum absolute atomic E-state index is 13.7. The van der Waals surface area contributed by atoms with E-state index in [-0.39, 0.29) is 30.2 Å². The minimum Gasteiger partial charge on any atom is -0.467 e. The lowest BCUT2D eigenvalue weighted by atomic mass is 9.83. The quantitative estimate of drug-likeness (QED) is 0.475. The van der Waals surface area contributed by atoms with Gasteiger partial charge in [-0.1, -0.05) is 19.3 Å². The Labute approximate surface area is 194 Å². The van der Waals surface area contributed by atoms with E-state index in [0.29, 0.717) is 6.54 Å². The van der Waals surface area contributed by atoms with Gasteiger partial charge in [-0.05, 0) is 57.8 Å². The second-order valence-electron chi connectivity index (χ2n) is 10.4. The van der Waals surface area contributed by atoms with Gasteiger partial charge in [0.15, 0.2) is 6.10 Å². The van der Waals surface area contributed by atoms with Gasteiger partial charge in [-0.15, -0.1) is 0 Å². The number of hydrogen-bond donors (Lipinski definition) is 3. The number of amides is 3. The summed E-state index contributed by atoms with van der Waals surface area (Å²) in [6, 6.07) is -1.44. The van der Waals surface area contributed by atoms with Gasteiger partial charge in [0.05, 0.1) is 13.7 Å². The van der Waals surface area contributed by atoms with Crippen LogP contribution in [0.25, 0.3) is 0 Å². The van der Waals surface area contributed by atoms with Crippen LogP contribution in [-0.4, -0.2) is 77.9 Å². The number of fused-ring (bicyclic) bond motifs is 1. The summed E-state index contributed by atoms with van der Waals surface area (Å²) in [6.45, 7) is 5.47. The molecule has 2 aliphatic carbocycles. The lowest BCUT2D eigenvalue weighted by molar-refractivity contribution is -0.150. The van der Waals surface area contributed by atoms with Gasteiger partial charge in [0.1, 0.15) is 17.7 Å². The highest BCUT2D eigenvalue weighted by Crippen LogP contribution is 2.50. The first-order valence-corrected chi connectivity index (χ1v) is 11.9. The van der Waals surface area contributed by atoms with Crippen LogP contribution in [0.4, 0.5) is 4.79 Å². The van der Waals surface area contributed by atoms with E-state index in [1.165, 1.54) is 0 Å². The van der Waals surface area contributed by atoms with E-state index >= 15 is 0 Å². The molecule has 2 saturated carbocycles. The third-order valence-electron chi connectivity index (χ3n) is 6.70. The molecule has 0 spiro atoms. The van der Waals surface area contributed by atoms with E-state index < -0.39 is 41.8 Å². The van der Waals surface area contributed by atoms with Crippen molar-refractivity contribution < 1.29 is 33.8 Å². The maximum atomic E-state index is 13.7. The number of nitrogens with zero attached hydrogens (tertiary/aromatic N) is 1. The number of esters is 1. The van der Waals surface area contributed by atoms with Crippen LogP contribution in [0.3, 0.4) is 0 Å². The maximum Gasteiger partial charge on any atom is 0.408 e. The summed E-state index contributed by atoms with van der Waals surface area (Å²) in [6.07, 6.45) is 3.49. The van der Waals surface area contributed by atoms with Crippen molar-refractivity contribution in [3.05, 3.63) is 0 Å². The van der Waals surface area contributed by atoms with Gasteiger partial charge in [0, 0.05) is 6.54 Å². The second-order valence-corrected chi connectivity index (χ2v) is 10.4. The topological polar surface area (TPSA) is 134 Å². The average molecular weight is 468 g/mol. The van der Waals surface area contributed by atoms with Gasteiger partial charge in [0.25, 0.3) is 0 Å². The number of alkyl carbamates (subject to hydrolysis) is 1. The van der Waals surface area contributed by atoms with Crippen LogP contribution in [0.5, 0.6) is 0 Å². The fourth-order valence-corrected chi connectivity index (χ4v) is 5.01. The van der Waals surface area contributed by atoms with Crippen LogP contribution in [0.2, 0.25) is 0 Å². The molecule has 1 aliphatic heterocycles. The number of rotatable bonds is 7. The minimum absolute atomic E-state index is 0.0134. The van der Waals surface area contributed by atoms with E-state index in [1.807, 2.05) is 0 Å². The highest BCUT2D eigenvalue weighted by atomic mass is 16.6. The van der Waals surface area contributed by atoms with Gasteiger partial charge >= 0.3 is 12.1 Å². The predicted octanol–water partition coefficient (Wildman–Crippen LogP) is 0.957. The van der Waals surface area contributed by atoms with Gasteiger partial charge in [-0.25, -0.2) is 9.59 Å². The van der Waals surface area contributed by atoms with Gasteiger partial charge in [-0.2, -0.15) is 0 Å². The summed E-state index contributed by atoms with van der Waals surface area (Å²) >= 11 is 0. The summed E-state index contributed by atoms with van der Waals surface area (Å²) in [7, 11) is 1.16. The standard InChI is InChI=1S/C23H37N3O7/c1-23(2,3)33-22(31)25-17(13-8-6-5-7-9-13)20(29)26-12-14-10-15(14)18(26)19(28)24-11-16(27)21(30)32-4/h13-18,27H,5-12H2,1-4H3,(H,24,28)(H,25,31)/t14?,15?,16-,17+,18+/m1/s1. The number of aliphatic hydroxyl groups excluding tert-OH is 1. The minimum atomic E-state index is -1.47. The molecule has 33 heavy (non-hydrogen) atoms. The molecule has 0 bridgehead atoms. The molecule has 0 aromatic heterocycles. The molecule has 3 N–H and O–H groups in total. The van der Waals surface area contributed by atoms with Crippen LogP contribution in [0.1, 0.15) is 59.3 Å². The molecule has 3 rings (SSSR count). The zero-order chi connectivity index (χ0) is 24.3. The van der Waals surface area contributed by atoms with Crippen LogP contribution in [0.15, 0.2) is 0 Å². The van der Waals surface area contributed by atoms with E-state index in [4.69, 9.17) is 4.74 Å². The summed E-state index contributed by atoms with van der Waals surface area (Å²) in [5.41, 5.74) is -0.692. The summed E-state index contributed by atoms with van der Waals surface area (Å²) < 4.78 is 9.87. The van der Waals surface area contributed by atoms with Gasteiger partial charge < -0.3 is 30.1 Å². The largest absolute Gasteiger partial charge is 0.467 e. The summed E-state index contributed by atoms with van der Waals surface area (Å²) in [4.78, 5) is 52.1. The molecule has 5 atom stereocenters. The van der Waals surface area contributed by atoms with Crippen molar-refractivity contribution in [3.8, 4) is 0 Å². The molecule has 2 unspecified atom stereocenters. The van der Waals surface area contributed by atoms with E-state index in [2.05, 4.69) is 15.4 Å². The Morgan fingerprint density at radius 3 is 2.39 bits per heavy atom. The fraction of sp³-hybridized carbons (Fsp3) is 0.826. The number of likely N-dealkylation sites (tertiary alicyclic amines) is 1. The molecular formula is C23H37N3O7.